The molecule has 0 aliphatic heterocycles. The molecule has 0 saturated carbocycles. The first kappa shape index (κ1) is 19.2. The topological polar surface area (TPSA) is 48.4 Å². The molecular weight excluding hydrogens is 338 g/mol. The minimum absolute atomic E-state index is 0.0581. The first-order valence-corrected chi connectivity index (χ1v) is 9.73. The maximum atomic E-state index is 13.2. The van der Waals surface area contributed by atoms with E-state index in [1.165, 1.54) is 0 Å². The molecule has 0 fully saturated rings. The Bertz CT molecular complexity index is 840. The van der Waals surface area contributed by atoms with Gasteiger partial charge >= 0.3 is 0 Å². The van der Waals surface area contributed by atoms with Crippen molar-refractivity contribution in [2.75, 3.05) is 13.2 Å². The highest BCUT2D eigenvalue weighted by Gasteiger charge is 2.28. The predicted molar refractivity (Wildman–Crippen MR) is 108 cm³/mol. The number of ketones is 1. The number of carbonyl (C=O) groups excluding carboxylic acids is 1. The van der Waals surface area contributed by atoms with Gasteiger partial charge in [-0.3, -0.25) is 9.78 Å². The fourth-order valence-corrected chi connectivity index (χ4v) is 3.35. The Labute approximate surface area is 161 Å². The summed E-state index contributed by atoms with van der Waals surface area (Å²) in [5, 5.41) is 0. The van der Waals surface area contributed by atoms with E-state index in [0.29, 0.717) is 25.2 Å². The number of aromatic nitrogens is 1. The zero-order valence-electron chi connectivity index (χ0n) is 16.4. The monoisotopic (exact) mass is 365 g/mol. The lowest BCUT2D eigenvalue weighted by molar-refractivity contribution is 0.102. The van der Waals surface area contributed by atoms with Crippen LogP contribution in [0.25, 0.3) is 6.08 Å². The van der Waals surface area contributed by atoms with Crippen LogP contribution in [0.4, 0.5) is 0 Å². The van der Waals surface area contributed by atoms with E-state index in [0.717, 1.165) is 53.0 Å². The van der Waals surface area contributed by atoms with Gasteiger partial charge in [0, 0.05) is 34.7 Å². The van der Waals surface area contributed by atoms with Crippen molar-refractivity contribution in [1.82, 2.24) is 4.98 Å². The Morgan fingerprint density at radius 2 is 1.93 bits per heavy atom. The molecule has 1 aliphatic rings. The van der Waals surface area contributed by atoms with Crippen LogP contribution in [0, 0.1) is 6.92 Å². The summed E-state index contributed by atoms with van der Waals surface area (Å²) < 4.78 is 12.0. The number of rotatable bonds is 7. The van der Waals surface area contributed by atoms with Crippen molar-refractivity contribution < 1.29 is 14.3 Å². The summed E-state index contributed by atoms with van der Waals surface area (Å²) in [5.41, 5.74) is 4.46. The molecule has 0 saturated heterocycles. The van der Waals surface area contributed by atoms with E-state index in [-0.39, 0.29) is 5.78 Å². The Balaban J connectivity index is 2.02. The van der Waals surface area contributed by atoms with Crippen LogP contribution in [0.5, 0.6) is 11.5 Å². The number of hydrogen-bond acceptors (Lipinski definition) is 4. The first-order valence-electron chi connectivity index (χ1n) is 9.73. The van der Waals surface area contributed by atoms with E-state index < -0.39 is 0 Å². The molecule has 27 heavy (non-hydrogen) atoms. The molecule has 1 aromatic carbocycles. The fraction of sp³-hybridized carbons (Fsp3) is 0.391. The molecule has 0 atom stereocenters. The van der Waals surface area contributed by atoms with Crippen molar-refractivity contribution in [3.63, 3.8) is 0 Å². The molecule has 142 valence electrons. The zero-order chi connectivity index (χ0) is 19.2. The van der Waals surface area contributed by atoms with Gasteiger partial charge in [0.1, 0.15) is 11.5 Å². The molecule has 0 bridgehead atoms. The largest absolute Gasteiger partial charge is 0.493 e. The Kier molecular flexibility index (Phi) is 6.28. The number of hydrogen-bond donors (Lipinski definition) is 0. The summed E-state index contributed by atoms with van der Waals surface area (Å²) in [5.74, 6) is 1.63. The van der Waals surface area contributed by atoms with Gasteiger partial charge in [-0.15, -0.1) is 0 Å². The van der Waals surface area contributed by atoms with Crippen LogP contribution in [-0.2, 0) is 6.42 Å². The second kappa shape index (κ2) is 8.85. The van der Waals surface area contributed by atoms with Crippen LogP contribution in [-0.4, -0.2) is 24.0 Å². The number of benzene rings is 1. The zero-order valence-corrected chi connectivity index (χ0v) is 16.4. The summed E-state index contributed by atoms with van der Waals surface area (Å²) in [6, 6.07) is 5.74. The van der Waals surface area contributed by atoms with E-state index in [1.807, 2.05) is 31.2 Å². The molecule has 1 aromatic heterocycles. The highest BCUT2D eigenvalue weighted by molar-refractivity contribution is 6.13. The van der Waals surface area contributed by atoms with E-state index in [4.69, 9.17) is 9.47 Å². The fourth-order valence-electron chi connectivity index (χ4n) is 3.35. The minimum Gasteiger partial charge on any atom is -0.493 e. The number of pyridine rings is 1. The van der Waals surface area contributed by atoms with Gasteiger partial charge in [-0.05, 0) is 56.4 Å². The Morgan fingerprint density at radius 1 is 1.15 bits per heavy atom. The van der Waals surface area contributed by atoms with Crippen molar-refractivity contribution in [3.05, 3.63) is 58.4 Å². The van der Waals surface area contributed by atoms with E-state index >= 15 is 0 Å². The van der Waals surface area contributed by atoms with Crippen molar-refractivity contribution in [3.8, 4) is 11.5 Å². The van der Waals surface area contributed by atoms with E-state index in [9.17, 15) is 4.79 Å². The molecule has 1 heterocycles. The Morgan fingerprint density at radius 3 is 2.63 bits per heavy atom. The van der Waals surface area contributed by atoms with Crippen LogP contribution in [0.2, 0.25) is 0 Å². The van der Waals surface area contributed by atoms with Gasteiger partial charge in [-0.25, -0.2) is 0 Å². The normalized spacial score (nSPS) is 14.9. The SMILES string of the molecule is CCCOc1cc2c(c(OCCC)c1C)CC/C(=C/c1cccnc1)C2=O. The van der Waals surface area contributed by atoms with Crippen LogP contribution in [0.3, 0.4) is 0 Å². The number of Topliss-reactive ketones (excluding diaryl/α,β-unsaturated/α-hetero) is 1. The lowest BCUT2D eigenvalue weighted by atomic mass is 9.84. The lowest BCUT2D eigenvalue weighted by Gasteiger charge is -2.24. The molecule has 0 amide bonds. The summed E-state index contributed by atoms with van der Waals surface area (Å²) in [4.78, 5) is 17.3. The third-order valence-electron chi connectivity index (χ3n) is 4.70. The second-order valence-corrected chi connectivity index (χ2v) is 6.84. The van der Waals surface area contributed by atoms with Crippen molar-refractivity contribution >= 4 is 11.9 Å². The Hall–Kier alpha value is -2.62. The maximum Gasteiger partial charge on any atom is 0.189 e. The number of allylic oxidation sites excluding steroid dienone is 1. The average molecular weight is 365 g/mol. The minimum atomic E-state index is 0.0581. The predicted octanol–water partition coefficient (Wildman–Crippen LogP) is 5.18. The van der Waals surface area contributed by atoms with Crippen molar-refractivity contribution in [1.29, 1.82) is 0 Å². The quantitative estimate of drug-likeness (QED) is 0.634. The van der Waals surface area contributed by atoms with Crippen LogP contribution in [0.1, 0.15) is 60.2 Å². The van der Waals surface area contributed by atoms with Gasteiger partial charge in [0.2, 0.25) is 0 Å². The third kappa shape index (κ3) is 4.21. The molecule has 0 spiro atoms. The van der Waals surface area contributed by atoms with Crippen LogP contribution >= 0.6 is 0 Å². The molecule has 0 unspecified atom stereocenters. The van der Waals surface area contributed by atoms with Gasteiger partial charge in [0.25, 0.3) is 0 Å². The number of fused-ring (bicyclic) bond motifs is 1. The van der Waals surface area contributed by atoms with E-state index in [1.54, 1.807) is 12.4 Å². The molecule has 2 aromatic rings. The molecule has 1 aliphatic carbocycles. The molecule has 0 N–H and O–H groups in total. The molecule has 3 rings (SSSR count). The van der Waals surface area contributed by atoms with Crippen LogP contribution < -0.4 is 9.47 Å². The summed E-state index contributed by atoms with van der Waals surface area (Å²) in [6.45, 7) is 7.43. The summed E-state index contributed by atoms with van der Waals surface area (Å²) >= 11 is 0. The molecule has 0 radical (unpaired) electrons. The molecular formula is C23H27NO3. The van der Waals surface area contributed by atoms with Gasteiger partial charge in [0.05, 0.1) is 13.2 Å². The van der Waals surface area contributed by atoms with E-state index in [2.05, 4.69) is 18.8 Å². The lowest BCUT2D eigenvalue weighted by Crippen LogP contribution is -2.17. The standard InChI is InChI=1S/C23H27NO3/c1-4-11-26-21-14-20-19(23(16(21)3)27-12-5-2)9-8-18(22(20)25)13-17-7-6-10-24-15-17/h6-7,10,13-15H,4-5,8-9,11-12H2,1-3H3/b18-13-. The van der Waals surface area contributed by atoms with Gasteiger partial charge < -0.3 is 9.47 Å². The first-order chi connectivity index (χ1) is 13.2. The number of nitrogens with zero attached hydrogens (tertiary/aromatic N) is 1. The molecule has 4 heteroatoms. The molecule has 4 nitrogen and oxygen atoms in total. The number of carbonyl (C=O) groups is 1. The average Bonchev–Trinajstić information content (AvgIpc) is 2.69. The van der Waals surface area contributed by atoms with Gasteiger partial charge in [-0.1, -0.05) is 19.9 Å². The van der Waals surface area contributed by atoms with Crippen molar-refractivity contribution in [2.24, 2.45) is 0 Å². The van der Waals surface area contributed by atoms with Crippen molar-refractivity contribution in [2.45, 2.75) is 46.5 Å². The highest BCUT2D eigenvalue weighted by Crippen LogP contribution is 2.40. The third-order valence-corrected chi connectivity index (χ3v) is 4.70. The number of ether oxygens (including phenoxy) is 2. The van der Waals surface area contributed by atoms with Gasteiger partial charge in [-0.2, -0.15) is 0 Å². The summed E-state index contributed by atoms with van der Waals surface area (Å²) in [6.07, 6.45) is 8.79. The second-order valence-electron chi connectivity index (χ2n) is 6.84. The van der Waals surface area contributed by atoms with Gasteiger partial charge in [0.15, 0.2) is 5.78 Å². The summed E-state index contributed by atoms with van der Waals surface area (Å²) in [7, 11) is 0. The highest BCUT2D eigenvalue weighted by atomic mass is 16.5. The smallest absolute Gasteiger partial charge is 0.189 e. The maximum absolute atomic E-state index is 13.2. The van der Waals surface area contributed by atoms with Crippen LogP contribution in [0.15, 0.2) is 36.2 Å².